The summed E-state index contributed by atoms with van der Waals surface area (Å²) >= 11 is 4.68. The lowest BCUT2D eigenvalue weighted by Gasteiger charge is -2.29. The van der Waals surface area contributed by atoms with Crippen LogP contribution in [-0.2, 0) is 20.7 Å². The molecule has 3 rings (SSSR count). The Morgan fingerprint density at radius 1 is 1.21 bits per heavy atom. The van der Waals surface area contributed by atoms with Crippen molar-refractivity contribution in [3.05, 3.63) is 62.6 Å². The van der Waals surface area contributed by atoms with E-state index in [4.69, 9.17) is 4.74 Å². The topological polar surface area (TPSA) is 89.8 Å². The van der Waals surface area contributed by atoms with E-state index in [9.17, 15) is 19.7 Å². The second kappa shape index (κ2) is 9.20. The molecule has 0 aromatic heterocycles. The van der Waals surface area contributed by atoms with Crippen LogP contribution in [0.2, 0.25) is 0 Å². The van der Waals surface area contributed by atoms with Crippen molar-refractivity contribution in [2.45, 2.75) is 17.7 Å². The predicted octanol–water partition coefficient (Wildman–Crippen LogP) is 3.97. The molecule has 9 heteroatoms. The van der Waals surface area contributed by atoms with E-state index in [1.165, 1.54) is 28.8 Å². The number of nitro groups is 1. The number of hydrogen-bond donors (Lipinski definition) is 0. The number of amides is 1. The summed E-state index contributed by atoms with van der Waals surface area (Å²) in [4.78, 5) is 37.4. The van der Waals surface area contributed by atoms with Gasteiger partial charge >= 0.3 is 5.97 Å². The normalized spacial score (nSPS) is 13.0. The standard InChI is InChI=1S/C19H17BrN2O5S/c20-14-3-6-16(7-4-14)28-12-19(24)27-11-18(23)21-9-1-2-13-10-15(22(25)26)5-8-17(13)21/h3-8,10H,1-2,9,11-12H2. The molecule has 0 N–H and O–H groups in total. The Morgan fingerprint density at radius 3 is 2.68 bits per heavy atom. The van der Waals surface area contributed by atoms with E-state index in [1.54, 1.807) is 6.07 Å². The number of halogens is 1. The summed E-state index contributed by atoms with van der Waals surface area (Å²) in [7, 11) is 0. The number of anilines is 1. The number of nitro benzene ring substituents is 1. The van der Waals surface area contributed by atoms with E-state index in [0.717, 1.165) is 14.9 Å². The Bertz CT molecular complexity index is 904. The third kappa shape index (κ3) is 5.11. The van der Waals surface area contributed by atoms with Gasteiger partial charge in [0.05, 0.1) is 10.7 Å². The van der Waals surface area contributed by atoms with Gasteiger partial charge in [-0.2, -0.15) is 0 Å². The maximum Gasteiger partial charge on any atom is 0.316 e. The first-order valence-electron chi connectivity index (χ1n) is 8.56. The van der Waals surface area contributed by atoms with Crippen LogP contribution in [0.1, 0.15) is 12.0 Å². The number of fused-ring (bicyclic) bond motifs is 1. The van der Waals surface area contributed by atoms with Crippen molar-refractivity contribution in [2.24, 2.45) is 0 Å². The molecule has 7 nitrogen and oxygen atoms in total. The minimum atomic E-state index is -0.470. The highest BCUT2D eigenvalue weighted by molar-refractivity contribution is 9.10. The monoisotopic (exact) mass is 464 g/mol. The van der Waals surface area contributed by atoms with Crippen LogP contribution in [0.15, 0.2) is 51.8 Å². The highest BCUT2D eigenvalue weighted by Crippen LogP contribution is 2.30. The number of non-ortho nitro benzene ring substituents is 1. The smallest absolute Gasteiger partial charge is 0.316 e. The number of nitrogens with zero attached hydrogens (tertiary/aromatic N) is 2. The van der Waals surface area contributed by atoms with E-state index in [1.807, 2.05) is 24.3 Å². The fourth-order valence-electron chi connectivity index (χ4n) is 2.89. The van der Waals surface area contributed by atoms with Crippen molar-refractivity contribution >= 4 is 50.9 Å². The van der Waals surface area contributed by atoms with Crippen LogP contribution in [-0.4, -0.2) is 35.7 Å². The van der Waals surface area contributed by atoms with Crippen LogP contribution in [0.5, 0.6) is 0 Å². The lowest BCUT2D eigenvalue weighted by molar-refractivity contribution is -0.384. The van der Waals surface area contributed by atoms with Gasteiger partial charge < -0.3 is 9.64 Å². The molecular formula is C19H17BrN2O5S. The molecule has 2 aromatic carbocycles. The Kier molecular flexibility index (Phi) is 6.69. The van der Waals surface area contributed by atoms with Crippen LogP contribution in [0, 0.1) is 10.1 Å². The lowest BCUT2D eigenvalue weighted by atomic mass is 10.0. The van der Waals surface area contributed by atoms with Gasteiger partial charge in [0.25, 0.3) is 11.6 Å². The highest BCUT2D eigenvalue weighted by atomic mass is 79.9. The number of carbonyl (C=O) groups excluding carboxylic acids is 2. The van der Waals surface area contributed by atoms with Crippen molar-refractivity contribution in [1.82, 2.24) is 0 Å². The summed E-state index contributed by atoms with van der Waals surface area (Å²) in [5.74, 6) is -0.698. The zero-order valence-electron chi connectivity index (χ0n) is 14.8. The molecule has 0 bridgehead atoms. The molecule has 146 valence electrons. The van der Waals surface area contributed by atoms with Crippen molar-refractivity contribution in [1.29, 1.82) is 0 Å². The maximum atomic E-state index is 12.5. The number of rotatable bonds is 6. The number of hydrogen-bond acceptors (Lipinski definition) is 6. The summed E-state index contributed by atoms with van der Waals surface area (Å²) in [6.07, 6.45) is 1.37. The van der Waals surface area contributed by atoms with E-state index in [-0.39, 0.29) is 24.0 Å². The van der Waals surface area contributed by atoms with E-state index < -0.39 is 10.9 Å². The third-order valence-electron chi connectivity index (χ3n) is 4.22. The van der Waals surface area contributed by atoms with Gasteiger partial charge in [-0.05, 0) is 48.7 Å². The summed E-state index contributed by atoms with van der Waals surface area (Å²) in [6, 6.07) is 12.0. The van der Waals surface area contributed by atoms with Gasteiger partial charge in [-0.3, -0.25) is 19.7 Å². The SMILES string of the molecule is O=C(CSc1ccc(Br)cc1)OCC(=O)N1CCCc2cc([N+](=O)[O-])ccc21. The second-order valence-corrected chi connectivity index (χ2v) is 8.09. The molecule has 0 aliphatic carbocycles. The first-order valence-corrected chi connectivity index (χ1v) is 10.3. The first-order chi connectivity index (χ1) is 13.4. The molecule has 0 radical (unpaired) electrons. The van der Waals surface area contributed by atoms with E-state index in [0.29, 0.717) is 25.1 Å². The van der Waals surface area contributed by atoms with Crippen LogP contribution >= 0.6 is 27.7 Å². The van der Waals surface area contributed by atoms with Gasteiger partial charge in [0, 0.05) is 33.7 Å². The highest BCUT2D eigenvalue weighted by Gasteiger charge is 2.25. The molecule has 1 aliphatic heterocycles. The van der Waals surface area contributed by atoms with Crippen molar-refractivity contribution in [3.63, 3.8) is 0 Å². The molecule has 0 unspecified atom stereocenters. The average molecular weight is 465 g/mol. The fraction of sp³-hybridized carbons (Fsp3) is 0.263. The zero-order chi connectivity index (χ0) is 20.1. The fourth-order valence-corrected chi connectivity index (χ4v) is 3.85. The predicted molar refractivity (Wildman–Crippen MR) is 110 cm³/mol. The molecule has 0 saturated carbocycles. The number of aryl methyl sites for hydroxylation is 1. The average Bonchev–Trinajstić information content (AvgIpc) is 2.70. The van der Waals surface area contributed by atoms with Gasteiger partial charge in [-0.15, -0.1) is 11.8 Å². The second-order valence-electron chi connectivity index (χ2n) is 6.12. The van der Waals surface area contributed by atoms with Gasteiger partial charge in [-0.25, -0.2) is 0 Å². The molecule has 28 heavy (non-hydrogen) atoms. The van der Waals surface area contributed by atoms with Crippen LogP contribution in [0.3, 0.4) is 0 Å². The number of benzene rings is 2. The quantitative estimate of drug-likeness (QED) is 0.278. The summed E-state index contributed by atoms with van der Waals surface area (Å²) in [5.41, 5.74) is 1.40. The van der Waals surface area contributed by atoms with Gasteiger partial charge in [-0.1, -0.05) is 15.9 Å². The Labute approximate surface area is 174 Å². The van der Waals surface area contributed by atoms with Crippen LogP contribution in [0.4, 0.5) is 11.4 Å². The molecule has 2 aromatic rings. The van der Waals surface area contributed by atoms with Crippen molar-refractivity contribution in [2.75, 3.05) is 23.8 Å². The number of carbonyl (C=O) groups is 2. The molecule has 1 amide bonds. The van der Waals surface area contributed by atoms with E-state index in [2.05, 4.69) is 15.9 Å². The molecule has 0 fully saturated rings. The molecule has 0 saturated heterocycles. The number of ether oxygens (including phenoxy) is 1. The minimum absolute atomic E-state index is 0.00411. The summed E-state index contributed by atoms with van der Waals surface area (Å²) in [6.45, 7) is 0.144. The van der Waals surface area contributed by atoms with E-state index >= 15 is 0 Å². The van der Waals surface area contributed by atoms with Crippen LogP contribution < -0.4 is 4.90 Å². The minimum Gasteiger partial charge on any atom is -0.455 e. The van der Waals surface area contributed by atoms with Gasteiger partial charge in [0.1, 0.15) is 0 Å². The molecule has 0 atom stereocenters. The molecule has 1 aliphatic rings. The largest absolute Gasteiger partial charge is 0.455 e. The Balaban J connectivity index is 1.54. The van der Waals surface area contributed by atoms with Gasteiger partial charge in [0.2, 0.25) is 0 Å². The van der Waals surface area contributed by atoms with Gasteiger partial charge in [0.15, 0.2) is 6.61 Å². The molecule has 1 heterocycles. The maximum absolute atomic E-state index is 12.5. The number of esters is 1. The Hall–Kier alpha value is -2.39. The lowest BCUT2D eigenvalue weighted by Crippen LogP contribution is -2.38. The van der Waals surface area contributed by atoms with Crippen molar-refractivity contribution < 1.29 is 19.2 Å². The zero-order valence-corrected chi connectivity index (χ0v) is 17.2. The molecular weight excluding hydrogens is 448 g/mol. The molecule has 0 spiro atoms. The number of thioether (sulfide) groups is 1. The van der Waals surface area contributed by atoms with Crippen LogP contribution in [0.25, 0.3) is 0 Å². The third-order valence-corrected chi connectivity index (χ3v) is 5.73. The summed E-state index contributed by atoms with van der Waals surface area (Å²) < 4.78 is 6.07. The summed E-state index contributed by atoms with van der Waals surface area (Å²) in [5, 5.41) is 10.9. The first kappa shape index (κ1) is 20.3. The Morgan fingerprint density at radius 2 is 1.96 bits per heavy atom. The van der Waals surface area contributed by atoms with Crippen molar-refractivity contribution in [3.8, 4) is 0 Å².